The first-order valence-electron chi connectivity index (χ1n) is 8.17. The lowest BCUT2D eigenvalue weighted by Gasteiger charge is -2.22. The van der Waals surface area contributed by atoms with Gasteiger partial charge in [0.1, 0.15) is 4.83 Å². The number of nitrogens with two attached hydrogens (primary N) is 1. The van der Waals surface area contributed by atoms with E-state index in [2.05, 4.69) is 9.88 Å². The average molecular weight is 367 g/mol. The largest absolute Gasteiger partial charge is 0.368 e. The molecule has 0 radical (unpaired) electrons. The molecule has 130 valence electrons. The Hall–Kier alpha value is -1.67. The highest BCUT2D eigenvalue weighted by Crippen LogP contribution is 2.36. The molecule has 1 aliphatic rings. The molecule has 2 N–H and O–H groups in total. The number of nitrogens with zero attached hydrogens (tertiary/aromatic N) is 3. The molecule has 8 heteroatoms. The lowest BCUT2D eigenvalue weighted by atomic mass is 10.2. The third kappa shape index (κ3) is 3.70. The number of anilines is 1. The van der Waals surface area contributed by atoms with E-state index in [-0.39, 0.29) is 18.4 Å². The highest BCUT2D eigenvalue weighted by atomic mass is 32.1. The summed E-state index contributed by atoms with van der Waals surface area (Å²) >= 11 is 3.03. The van der Waals surface area contributed by atoms with Crippen LogP contribution >= 0.6 is 22.7 Å². The number of thiazole rings is 1. The summed E-state index contributed by atoms with van der Waals surface area (Å²) in [5.41, 5.74) is 5.28. The van der Waals surface area contributed by atoms with Crippen LogP contribution in [0.3, 0.4) is 0 Å². The maximum Gasteiger partial charge on any atom is 0.264 e. The number of primary amides is 1. The number of hydrogen-bond acceptors (Lipinski definition) is 6. The molecule has 2 amide bonds. The molecule has 2 aromatic rings. The molecule has 1 aliphatic heterocycles. The zero-order chi connectivity index (χ0) is 17.3. The lowest BCUT2D eigenvalue weighted by molar-refractivity contribution is -0.118. The molecule has 2 aromatic heterocycles. The van der Waals surface area contributed by atoms with E-state index >= 15 is 0 Å². The van der Waals surface area contributed by atoms with E-state index in [9.17, 15) is 9.59 Å². The predicted molar refractivity (Wildman–Crippen MR) is 98.9 cm³/mol. The molecule has 0 aliphatic carbocycles. The smallest absolute Gasteiger partial charge is 0.264 e. The quantitative estimate of drug-likeness (QED) is 0.852. The fourth-order valence-electron chi connectivity index (χ4n) is 2.88. The Morgan fingerprint density at radius 3 is 2.62 bits per heavy atom. The molecule has 3 rings (SSSR count). The van der Waals surface area contributed by atoms with Crippen LogP contribution in [-0.2, 0) is 4.79 Å². The Bertz CT molecular complexity index is 715. The van der Waals surface area contributed by atoms with Gasteiger partial charge in [-0.3, -0.25) is 9.59 Å². The number of rotatable bonds is 6. The van der Waals surface area contributed by atoms with Gasteiger partial charge in [0.05, 0.1) is 16.1 Å². The molecule has 0 aromatic carbocycles. The average Bonchev–Trinajstić information content (AvgIpc) is 3.19. The lowest BCUT2D eigenvalue weighted by Crippen LogP contribution is -2.40. The second kappa shape index (κ2) is 7.06. The molecule has 1 fully saturated rings. The Kier molecular flexibility index (Phi) is 5.05. The van der Waals surface area contributed by atoms with Crippen LogP contribution in [0.15, 0.2) is 6.07 Å². The van der Waals surface area contributed by atoms with Crippen molar-refractivity contribution in [1.29, 1.82) is 0 Å². The van der Waals surface area contributed by atoms with Crippen LogP contribution in [0.1, 0.15) is 36.4 Å². The molecule has 0 unspecified atom stereocenters. The number of hydrogen-bond donors (Lipinski definition) is 1. The molecule has 0 atom stereocenters. The van der Waals surface area contributed by atoms with Crippen molar-refractivity contribution in [2.75, 3.05) is 31.1 Å². The van der Waals surface area contributed by atoms with Gasteiger partial charge in [-0.25, -0.2) is 4.98 Å². The fourth-order valence-corrected chi connectivity index (χ4v) is 5.11. The summed E-state index contributed by atoms with van der Waals surface area (Å²) in [6.07, 6.45) is 2.43. The summed E-state index contributed by atoms with van der Waals surface area (Å²) in [4.78, 5) is 34.0. The minimum absolute atomic E-state index is 0.0466. The topological polar surface area (TPSA) is 79.5 Å². The number of aromatic nitrogens is 1. The van der Waals surface area contributed by atoms with E-state index < -0.39 is 5.91 Å². The van der Waals surface area contributed by atoms with Crippen LogP contribution in [0.25, 0.3) is 9.53 Å². The summed E-state index contributed by atoms with van der Waals surface area (Å²) < 4.78 is 1.04. The summed E-state index contributed by atoms with van der Waals surface area (Å²) in [7, 11) is 0. The summed E-state index contributed by atoms with van der Waals surface area (Å²) in [6, 6.07) is 1.90. The van der Waals surface area contributed by atoms with Gasteiger partial charge in [-0.15, -0.1) is 11.3 Å². The van der Waals surface area contributed by atoms with Gasteiger partial charge in [-0.05, 0) is 24.8 Å². The van der Waals surface area contributed by atoms with Crippen molar-refractivity contribution < 1.29 is 9.59 Å². The van der Waals surface area contributed by atoms with Crippen LogP contribution in [0, 0.1) is 5.92 Å². The summed E-state index contributed by atoms with van der Waals surface area (Å²) in [6.45, 7) is 6.62. The normalized spacial score (nSPS) is 14.7. The number of amides is 2. The molecule has 0 saturated carbocycles. The van der Waals surface area contributed by atoms with Crippen LogP contribution < -0.4 is 10.6 Å². The number of fused-ring (bicyclic) bond motifs is 1. The van der Waals surface area contributed by atoms with Gasteiger partial charge in [0.25, 0.3) is 5.91 Å². The maximum atomic E-state index is 12.7. The van der Waals surface area contributed by atoms with Crippen molar-refractivity contribution >= 4 is 49.1 Å². The van der Waals surface area contributed by atoms with Crippen molar-refractivity contribution in [3.63, 3.8) is 0 Å². The van der Waals surface area contributed by atoms with Gasteiger partial charge in [0, 0.05) is 19.6 Å². The second-order valence-electron chi connectivity index (χ2n) is 6.52. The monoisotopic (exact) mass is 366 g/mol. The van der Waals surface area contributed by atoms with Crippen LogP contribution in [0.5, 0.6) is 0 Å². The Labute approximate surface area is 149 Å². The number of thiophene rings is 1. The Morgan fingerprint density at radius 1 is 1.33 bits per heavy atom. The zero-order valence-electron chi connectivity index (χ0n) is 13.9. The third-order valence-corrected chi connectivity index (χ3v) is 6.09. The molecular formula is C16H22N4O2S2. The van der Waals surface area contributed by atoms with E-state index in [0.29, 0.717) is 11.4 Å². The van der Waals surface area contributed by atoms with Gasteiger partial charge >= 0.3 is 0 Å². The van der Waals surface area contributed by atoms with Crippen molar-refractivity contribution in [2.45, 2.75) is 26.7 Å². The first-order chi connectivity index (χ1) is 11.4. The Morgan fingerprint density at radius 2 is 2.04 bits per heavy atom. The SMILES string of the molecule is CC(C)CN(CC(N)=O)C(=O)c1cc2sc(N3CCCC3)nc2s1. The summed E-state index contributed by atoms with van der Waals surface area (Å²) in [5, 5.41) is 1.05. The number of carbonyl (C=O) groups excluding carboxylic acids is 2. The molecule has 0 spiro atoms. The van der Waals surface area contributed by atoms with Gasteiger partial charge in [0.15, 0.2) is 5.13 Å². The Balaban J connectivity index is 1.80. The van der Waals surface area contributed by atoms with E-state index in [4.69, 9.17) is 5.73 Å². The first-order valence-corrected chi connectivity index (χ1v) is 9.80. The van der Waals surface area contributed by atoms with E-state index in [1.807, 2.05) is 19.9 Å². The second-order valence-corrected chi connectivity index (χ2v) is 8.56. The van der Waals surface area contributed by atoms with Crippen LogP contribution in [-0.4, -0.2) is 47.9 Å². The molecule has 3 heterocycles. The van der Waals surface area contributed by atoms with Crippen molar-refractivity contribution in [1.82, 2.24) is 9.88 Å². The van der Waals surface area contributed by atoms with Crippen molar-refractivity contribution in [3.05, 3.63) is 10.9 Å². The number of carbonyl (C=O) groups is 2. The molecule has 24 heavy (non-hydrogen) atoms. The predicted octanol–water partition coefficient (Wildman–Crippen LogP) is 2.54. The van der Waals surface area contributed by atoms with E-state index in [0.717, 1.165) is 27.8 Å². The van der Waals surface area contributed by atoms with Gasteiger partial charge in [-0.2, -0.15) is 0 Å². The van der Waals surface area contributed by atoms with Crippen LogP contribution in [0.4, 0.5) is 5.13 Å². The zero-order valence-corrected chi connectivity index (χ0v) is 15.6. The van der Waals surface area contributed by atoms with Crippen LogP contribution in [0.2, 0.25) is 0 Å². The first kappa shape index (κ1) is 17.2. The third-order valence-electron chi connectivity index (χ3n) is 3.88. The molecule has 0 bridgehead atoms. The van der Waals surface area contributed by atoms with Gasteiger partial charge < -0.3 is 15.5 Å². The van der Waals surface area contributed by atoms with Crippen molar-refractivity contribution in [2.24, 2.45) is 11.7 Å². The highest BCUT2D eigenvalue weighted by Gasteiger charge is 2.23. The highest BCUT2D eigenvalue weighted by molar-refractivity contribution is 7.29. The molecule has 6 nitrogen and oxygen atoms in total. The molecular weight excluding hydrogens is 344 g/mol. The van der Waals surface area contributed by atoms with E-state index in [1.165, 1.54) is 29.1 Å². The van der Waals surface area contributed by atoms with Gasteiger partial charge in [-0.1, -0.05) is 25.2 Å². The van der Waals surface area contributed by atoms with Crippen molar-refractivity contribution in [3.8, 4) is 0 Å². The fraction of sp³-hybridized carbons (Fsp3) is 0.562. The standard InChI is InChI=1S/C16H22N4O2S2/c1-10(2)8-20(9-13(17)21)15(22)12-7-11-14(23-12)18-16(24-11)19-5-3-4-6-19/h7,10H,3-6,8-9H2,1-2H3,(H2,17,21). The maximum absolute atomic E-state index is 12.7. The minimum Gasteiger partial charge on any atom is -0.368 e. The van der Waals surface area contributed by atoms with E-state index in [1.54, 1.807) is 11.3 Å². The summed E-state index contributed by atoms with van der Waals surface area (Å²) in [5.74, 6) is -0.355. The molecule has 1 saturated heterocycles. The van der Waals surface area contributed by atoms with Gasteiger partial charge in [0.2, 0.25) is 5.91 Å². The minimum atomic E-state index is -0.489.